The first-order chi connectivity index (χ1) is 64.2. The third kappa shape index (κ3) is 16.2. The number of aromatic nitrogens is 6. The molecule has 0 saturated carbocycles. The van der Waals surface area contributed by atoms with Gasteiger partial charge in [-0.3, -0.25) is 48.4 Å². The number of amides is 4. The number of ether oxygens (including phenoxy) is 5. The zero-order valence-electron chi connectivity index (χ0n) is 72.3. The van der Waals surface area contributed by atoms with Crippen LogP contribution in [0, 0.1) is 0 Å². The highest BCUT2D eigenvalue weighted by molar-refractivity contribution is 9.11. The second kappa shape index (κ2) is 36.8. The molecular formula is C99H83Br3Cl2N14O11S4. The number of hydrogen-bond donors (Lipinski definition) is 4. The number of fused-ring (bicyclic) bond motifs is 16. The molecule has 4 fully saturated rings. The van der Waals surface area contributed by atoms with Crippen LogP contribution in [-0.2, 0) is 63.9 Å². The molecule has 0 radical (unpaired) electrons. The monoisotopic (exact) mass is 2080 g/mol. The van der Waals surface area contributed by atoms with Gasteiger partial charge in [-0.05, 0) is 253 Å². The number of hydrogen-bond acceptors (Lipinski definition) is 17. The fourth-order valence-corrected chi connectivity index (χ4v) is 22.8. The van der Waals surface area contributed by atoms with E-state index in [1.807, 2.05) is 157 Å². The van der Waals surface area contributed by atoms with Crippen LogP contribution >= 0.6 is 120 Å². The summed E-state index contributed by atoms with van der Waals surface area (Å²) < 4.78 is 28.8. The largest absolute Gasteiger partial charge is 0.497 e. The van der Waals surface area contributed by atoms with E-state index in [1.54, 1.807) is 62.6 Å². The van der Waals surface area contributed by atoms with Gasteiger partial charge in [-0.1, -0.05) is 132 Å². The summed E-state index contributed by atoms with van der Waals surface area (Å²) in [6.45, 7) is 5.61. The number of carbonyl (C=O) groups excluding carboxylic acids is 6. The molecular weight excluding hydrogens is 2000 g/mol. The Balaban J connectivity index is 0.000000114. The highest BCUT2D eigenvalue weighted by atomic mass is 79.9. The molecule has 9 aromatic carbocycles. The van der Waals surface area contributed by atoms with Crippen molar-refractivity contribution in [1.29, 1.82) is 0 Å². The molecule has 8 atom stereocenters. The number of halogens is 5. The summed E-state index contributed by atoms with van der Waals surface area (Å²) in [7, 11) is 6.20. The predicted octanol–water partition coefficient (Wildman–Crippen LogP) is 18.9. The van der Waals surface area contributed by atoms with Crippen molar-refractivity contribution in [2.75, 3.05) is 53.0 Å². The Kier molecular flexibility index (Phi) is 24.9. The normalized spacial score (nSPS) is 19.7. The maximum atomic E-state index is 13.8. The van der Waals surface area contributed by atoms with E-state index < -0.39 is 30.1 Å². The molecule has 4 amide bonds. The average molecular weight is 2080 g/mol. The minimum absolute atomic E-state index is 0.00348. The Hall–Kier alpha value is -12.0. The van der Waals surface area contributed by atoms with Crippen molar-refractivity contribution in [3.8, 4) is 28.4 Å². The number of anilines is 1. The summed E-state index contributed by atoms with van der Waals surface area (Å²) >= 11 is 46.4. The van der Waals surface area contributed by atoms with E-state index in [1.165, 1.54) is 23.2 Å². The molecule has 5 aromatic heterocycles. The maximum absolute atomic E-state index is 13.8. The Morgan fingerprint density at radius 3 is 1.15 bits per heavy atom. The second-order valence-corrected chi connectivity index (χ2v) is 38.4. The lowest BCUT2D eigenvalue weighted by molar-refractivity contribution is -0.146. The molecule has 4 N–H and O–H groups in total. The van der Waals surface area contributed by atoms with Gasteiger partial charge in [0.25, 0.3) is 23.6 Å². The van der Waals surface area contributed by atoms with Crippen LogP contribution in [0.3, 0.4) is 0 Å². The molecule has 13 heterocycles. The Labute approximate surface area is 820 Å². The summed E-state index contributed by atoms with van der Waals surface area (Å²) in [4.78, 5) is 115. The van der Waals surface area contributed by atoms with Crippen LogP contribution < -0.4 is 19.1 Å². The summed E-state index contributed by atoms with van der Waals surface area (Å²) in [5, 5.41) is 7.35. The van der Waals surface area contributed by atoms with E-state index in [4.69, 9.17) is 95.8 Å². The molecule has 8 aliphatic heterocycles. The van der Waals surface area contributed by atoms with Crippen LogP contribution in [-0.4, -0.2) is 199 Å². The Morgan fingerprint density at radius 1 is 0.421 bits per heavy atom. The number of benzene rings is 9. The number of aromatic amines is 4. The fraction of sp³-hybridized carbons (Fsp3) is 0.232. The number of carbonyl (C=O) groups is 6. The van der Waals surface area contributed by atoms with Crippen LogP contribution in [0.5, 0.6) is 17.2 Å². The van der Waals surface area contributed by atoms with E-state index in [0.29, 0.717) is 56.2 Å². The van der Waals surface area contributed by atoms with Crippen molar-refractivity contribution in [2.24, 2.45) is 0 Å². The van der Waals surface area contributed by atoms with Gasteiger partial charge in [-0.2, -0.15) is 0 Å². The minimum Gasteiger partial charge on any atom is -0.497 e. The first-order valence-electron chi connectivity index (χ1n) is 42.8. The summed E-state index contributed by atoms with van der Waals surface area (Å²) in [6.07, 6.45) is 7.27. The van der Waals surface area contributed by atoms with E-state index in [0.717, 1.165) is 158 Å². The Morgan fingerprint density at radius 2 is 0.767 bits per heavy atom. The summed E-state index contributed by atoms with van der Waals surface area (Å²) in [5.74, 6) is 0.961. The van der Waals surface area contributed by atoms with Crippen molar-refractivity contribution in [3.05, 3.63) is 304 Å². The molecule has 22 rings (SSSR count). The molecule has 25 nitrogen and oxygen atoms in total. The fourth-order valence-electron chi connectivity index (χ4n) is 19.7. The van der Waals surface area contributed by atoms with E-state index in [2.05, 4.69) is 136 Å². The predicted molar refractivity (Wildman–Crippen MR) is 536 cm³/mol. The van der Waals surface area contributed by atoms with Crippen LogP contribution in [0.4, 0.5) is 5.69 Å². The third-order valence-electron chi connectivity index (χ3n) is 25.7. The molecule has 0 spiro atoms. The number of nitrogens with one attached hydrogen (secondary N) is 4. The first kappa shape index (κ1) is 90.2. The number of rotatable bonds is 15. The van der Waals surface area contributed by atoms with Crippen molar-refractivity contribution in [1.82, 2.24) is 64.2 Å². The van der Waals surface area contributed by atoms with Crippen LogP contribution in [0.2, 0.25) is 10.0 Å². The number of H-pyrrole nitrogens is 4. The lowest BCUT2D eigenvalue weighted by Crippen LogP contribution is -2.44. The van der Waals surface area contributed by atoms with Crippen molar-refractivity contribution < 1.29 is 52.5 Å². The molecule has 0 aliphatic carbocycles. The highest BCUT2D eigenvalue weighted by Crippen LogP contribution is 2.51. The van der Waals surface area contributed by atoms with Gasteiger partial charge in [-0.25, -0.2) is 9.97 Å². The number of methoxy groups -OCH3 is 4. The van der Waals surface area contributed by atoms with Crippen molar-refractivity contribution in [3.63, 3.8) is 0 Å². The lowest BCUT2D eigenvalue weighted by Gasteiger charge is -2.37. The number of thiocarbonyl (C=S) groups is 4. The molecule has 14 aromatic rings. The van der Waals surface area contributed by atoms with Gasteiger partial charge in [0.1, 0.15) is 60.8 Å². The number of nitrogens with zero attached hydrogens (tertiary/aromatic N) is 10. The highest BCUT2D eigenvalue weighted by Gasteiger charge is 2.56. The van der Waals surface area contributed by atoms with Gasteiger partial charge < -0.3 is 63.2 Å². The molecule has 8 unspecified atom stereocenters. The molecule has 4 saturated heterocycles. The second-order valence-electron chi connectivity index (χ2n) is 33.3. The smallest absolute Gasteiger partial charge is 0.326 e. The minimum atomic E-state index is -0.505. The maximum Gasteiger partial charge on any atom is 0.326 e. The summed E-state index contributed by atoms with van der Waals surface area (Å²) in [6, 6.07) is 60.4. The van der Waals surface area contributed by atoms with E-state index >= 15 is 0 Å². The first-order valence-corrected chi connectivity index (χ1v) is 47.6. The zero-order chi connectivity index (χ0) is 93.0. The van der Waals surface area contributed by atoms with Crippen LogP contribution in [0.15, 0.2) is 226 Å². The van der Waals surface area contributed by atoms with Crippen LogP contribution in [0.1, 0.15) is 112 Å². The van der Waals surface area contributed by atoms with Gasteiger partial charge >= 0.3 is 11.9 Å². The van der Waals surface area contributed by atoms with Gasteiger partial charge in [0.2, 0.25) is 0 Å². The third-order valence-corrected chi connectivity index (χ3v) is 29.4. The van der Waals surface area contributed by atoms with Crippen molar-refractivity contribution >= 4 is 225 Å². The SMILES string of the molecule is CC(C)N1C(=O)C2Cc3c([nH]c4ccc(Cl)cc34)C(c3ccc(-c4cncnc4)cc3)N2C1=S.CCOC(=O)CN1C(=O)C2Cc3c([nH]c4ccc(Br)cc34)C(c3ccc(OC)cc3)N2C1=S.COC(=O)CN1C(=O)C2Cc3c([nH]c4ccc(Br)cc34)C(c3ccc(OC)cc3)N2C1=S.COc1ccc(C2c3[nH]c4ccc(Br)cc4c3CC3C(=O)N(c4ccc(Cl)cc4)C(=S)N32)cc1. The average Bonchev–Trinajstić information content (AvgIpc) is 1.57. The molecule has 8 aliphatic rings. The van der Waals surface area contributed by atoms with Gasteiger partial charge in [0, 0.05) is 140 Å². The zero-order valence-corrected chi connectivity index (χ0v) is 81.9. The van der Waals surface area contributed by atoms with Gasteiger partial charge in [0.15, 0.2) is 20.4 Å². The molecule has 674 valence electrons. The summed E-state index contributed by atoms with van der Waals surface area (Å²) in [5.41, 5.74) is 19.4. The molecule has 0 bridgehead atoms. The van der Waals surface area contributed by atoms with E-state index in [9.17, 15) is 28.8 Å². The van der Waals surface area contributed by atoms with E-state index in [-0.39, 0.29) is 79.6 Å². The van der Waals surface area contributed by atoms with Gasteiger partial charge in [0.05, 0.1) is 64.9 Å². The molecule has 133 heavy (non-hydrogen) atoms. The quantitative estimate of drug-likeness (QED) is 0.0549. The Bertz CT molecular complexity index is 7090. The van der Waals surface area contributed by atoms with Crippen molar-refractivity contribution in [2.45, 2.75) is 101 Å². The van der Waals surface area contributed by atoms with Gasteiger partial charge in [-0.15, -0.1) is 0 Å². The lowest BCUT2D eigenvalue weighted by atomic mass is 9.88. The standard InChI is InChI=1S/C26H19BrClN3O2S.C26H22ClN5OS.C24H22BrN3O4S.C23H20BrN3O4S/c1-33-18-9-2-14(3-10-18)24-23-20(19-12-15(27)4-11-21(19)29-23)13-22-25(32)30(26(34)31(22)24)17-7-5-16(28)6-8-17;1-14(2)31-25(33)22-10-20-19-9-18(27)7-8-21(19)30-23(20)24(32(22)26(31)34)16-5-3-15(4-6-16)17-11-28-13-29-12-17;1-3-32-20(29)12-27-23(30)19-11-17-16-10-14(25)6-9-18(16)26-21(17)22(28(19)24(27)33)13-4-7-15(31-2)8-5-13;1-30-14-6-3-12(4-7-14)21-20-16(15-9-13(24)5-8-17(15)25-20)10-18-22(29)26(11-19(28)31-2)23(32)27(18)21/h2-12,22,24,29H,13H2,1H3;3-9,11-14,22,24,30H,10H2,1-2H3;4-10,19,22,26H,3,11-12H2,1-2H3;3-9,18,21,25H,10-11H2,1-2H3. The number of esters is 2. The van der Waals surface area contributed by atoms with Crippen LogP contribution in [0.25, 0.3) is 54.7 Å². The molecule has 34 heteroatoms. The topological polar surface area (TPSA) is 263 Å².